The van der Waals surface area contributed by atoms with Crippen molar-refractivity contribution in [2.24, 2.45) is 0 Å². The van der Waals surface area contributed by atoms with Crippen LogP contribution < -0.4 is 5.32 Å². The largest absolute Gasteiger partial charge is 0.387 e. The van der Waals surface area contributed by atoms with Crippen LogP contribution in [-0.2, 0) is 0 Å². The van der Waals surface area contributed by atoms with E-state index in [0.717, 1.165) is 17.9 Å². The van der Waals surface area contributed by atoms with E-state index in [-0.39, 0.29) is 5.91 Å². The average molecular weight is 252 g/mol. The molecule has 1 aliphatic heterocycles. The number of aryl methyl sites for hydroxylation is 1. The van der Waals surface area contributed by atoms with Crippen LogP contribution in [0.2, 0.25) is 0 Å². The molecule has 1 saturated heterocycles. The summed E-state index contributed by atoms with van der Waals surface area (Å²) in [5.74, 6) is 1.47. The van der Waals surface area contributed by atoms with Crippen molar-refractivity contribution in [3.8, 4) is 0 Å². The highest BCUT2D eigenvalue weighted by Gasteiger charge is 2.31. The van der Waals surface area contributed by atoms with Gasteiger partial charge in [-0.1, -0.05) is 0 Å². The van der Waals surface area contributed by atoms with Crippen molar-refractivity contribution in [1.82, 2.24) is 10.3 Å². The van der Waals surface area contributed by atoms with Crippen molar-refractivity contribution in [2.75, 3.05) is 18.1 Å². The summed E-state index contributed by atoms with van der Waals surface area (Å²) in [6.07, 6.45) is 2.29. The molecule has 2 rings (SSSR count). The number of nitrogens with zero attached hydrogens (tertiary/aromatic N) is 1. The van der Waals surface area contributed by atoms with Crippen molar-refractivity contribution in [3.63, 3.8) is 0 Å². The number of rotatable bonds is 3. The zero-order valence-corrected chi connectivity index (χ0v) is 10.6. The zero-order valence-electron chi connectivity index (χ0n) is 9.77. The minimum Gasteiger partial charge on any atom is -0.387 e. The number of amides is 1. The molecule has 0 radical (unpaired) electrons. The first-order valence-electron chi connectivity index (χ1n) is 5.60. The van der Waals surface area contributed by atoms with Crippen molar-refractivity contribution >= 4 is 17.7 Å². The van der Waals surface area contributed by atoms with E-state index in [0.29, 0.717) is 17.9 Å². The number of hydrogen-bond acceptors (Lipinski definition) is 4. The predicted octanol–water partition coefficient (Wildman–Crippen LogP) is 0.988. The van der Waals surface area contributed by atoms with E-state index >= 15 is 0 Å². The summed E-state index contributed by atoms with van der Waals surface area (Å²) in [6, 6.07) is 3.54. The molecule has 1 unspecified atom stereocenters. The summed E-state index contributed by atoms with van der Waals surface area (Å²) >= 11 is 1.72. The Bertz CT molecular complexity index is 399. The fraction of sp³-hybridized carbons (Fsp3) is 0.500. The van der Waals surface area contributed by atoms with Crippen LogP contribution >= 0.6 is 11.8 Å². The molecule has 0 bridgehead atoms. The minimum atomic E-state index is -0.738. The number of aliphatic hydroxyl groups is 1. The van der Waals surface area contributed by atoms with Gasteiger partial charge in [0.1, 0.15) is 0 Å². The molecule has 0 spiro atoms. The fourth-order valence-electron chi connectivity index (χ4n) is 1.68. The third kappa shape index (κ3) is 3.20. The highest BCUT2D eigenvalue weighted by atomic mass is 32.2. The van der Waals surface area contributed by atoms with Crippen LogP contribution in [0.4, 0.5) is 0 Å². The number of carbonyl (C=O) groups is 1. The highest BCUT2D eigenvalue weighted by molar-refractivity contribution is 7.99. The first-order chi connectivity index (χ1) is 8.09. The Labute approximate surface area is 105 Å². The molecule has 5 heteroatoms. The molecular weight excluding hydrogens is 236 g/mol. The molecule has 92 valence electrons. The molecule has 1 atom stereocenters. The molecule has 1 aromatic rings. The van der Waals surface area contributed by atoms with Crippen molar-refractivity contribution in [1.29, 1.82) is 0 Å². The second-order valence-electron chi connectivity index (χ2n) is 4.40. The summed E-state index contributed by atoms with van der Waals surface area (Å²) in [6.45, 7) is 2.19. The Hall–Kier alpha value is -1.07. The van der Waals surface area contributed by atoms with Gasteiger partial charge in [0.2, 0.25) is 0 Å². The fourth-order valence-corrected chi connectivity index (χ4v) is 2.98. The third-order valence-corrected chi connectivity index (χ3v) is 4.07. The Balaban J connectivity index is 1.91. The molecule has 1 fully saturated rings. The number of nitrogens with one attached hydrogen (secondary N) is 1. The molecule has 2 heterocycles. The summed E-state index contributed by atoms with van der Waals surface area (Å²) in [4.78, 5) is 15.9. The van der Waals surface area contributed by atoms with Gasteiger partial charge in [-0.2, -0.15) is 11.8 Å². The van der Waals surface area contributed by atoms with E-state index in [1.165, 1.54) is 0 Å². The molecule has 0 aliphatic carbocycles. The van der Waals surface area contributed by atoms with Crippen LogP contribution in [0.1, 0.15) is 22.5 Å². The van der Waals surface area contributed by atoms with Crippen LogP contribution in [0, 0.1) is 6.92 Å². The van der Waals surface area contributed by atoms with Crippen molar-refractivity contribution < 1.29 is 9.90 Å². The summed E-state index contributed by atoms with van der Waals surface area (Å²) < 4.78 is 0. The number of thioether (sulfide) groups is 1. The lowest BCUT2D eigenvalue weighted by Gasteiger charge is -2.21. The van der Waals surface area contributed by atoms with E-state index in [1.807, 2.05) is 6.92 Å². The van der Waals surface area contributed by atoms with Crippen LogP contribution in [0.5, 0.6) is 0 Å². The maximum Gasteiger partial charge on any atom is 0.252 e. The molecule has 1 amide bonds. The summed E-state index contributed by atoms with van der Waals surface area (Å²) in [5, 5.41) is 12.8. The zero-order chi connectivity index (χ0) is 12.3. The molecule has 1 aliphatic rings. The lowest BCUT2D eigenvalue weighted by Crippen LogP contribution is -2.42. The summed E-state index contributed by atoms with van der Waals surface area (Å²) in [5.41, 5.74) is 0.676. The van der Waals surface area contributed by atoms with Crippen molar-refractivity contribution in [2.45, 2.75) is 18.9 Å². The van der Waals surface area contributed by atoms with Gasteiger partial charge in [0, 0.05) is 24.2 Å². The van der Waals surface area contributed by atoms with E-state index in [9.17, 15) is 9.90 Å². The van der Waals surface area contributed by atoms with Gasteiger partial charge in [-0.3, -0.25) is 9.78 Å². The summed E-state index contributed by atoms with van der Waals surface area (Å²) in [7, 11) is 0. The quantitative estimate of drug-likeness (QED) is 0.842. The molecule has 2 N–H and O–H groups in total. The number of carbonyl (C=O) groups excluding carboxylic acids is 1. The first-order valence-corrected chi connectivity index (χ1v) is 6.76. The van der Waals surface area contributed by atoms with E-state index in [4.69, 9.17) is 0 Å². The molecule has 1 aromatic heterocycles. The Kier molecular flexibility index (Phi) is 3.69. The van der Waals surface area contributed by atoms with Crippen LogP contribution in [0.3, 0.4) is 0 Å². The topological polar surface area (TPSA) is 62.2 Å². The second-order valence-corrected chi connectivity index (χ2v) is 5.50. The monoisotopic (exact) mass is 252 g/mol. The molecule has 17 heavy (non-hydrogen) atoms. The van der Waals surface area contributed by atoms with Gasteiger partial charge < -0.3 is 10.4 Å². The Morgan fingerprint density at radius 1 is 1.65 bits per heavy atom. The van der Waals surface area contributed by atoms with E-state index in [1.54, 1.807) is 30.1 Å². The van der Waals surface area contributed by atoms with Crippen LogP contribution in [0.15, 0.2) is 18.3 Å². The molecular formula is C12H16N2O2S. The second kappa shape index (κ2) is 5.06. The smallest absolute Gasteiger partial charge is 0.252 e. The van der Waals surface area contributed by atoms with E-state index < -0.39 is 5.60 Å². The molecule has 4 nitrogen and oxygen atoms in total. The number of aromatic nitrogens is 1. The minimum absolute atomic E-state index is 0.178. The van der Waals surface area contributed by atoms with Gasteiger partial charge in [-0.05, 0) is 31.2 Å². The maximum atomic E-state index is 11.8. The maximum absolute atomic E-state index is 11.8. The van der Waals surface area contributed by atoms with Gasteiger partial charge in [0.15, 0.2) is 0 Å². The number of pyridine rings is 1. The normalized spacial score (nSPS) is 23.6. The van der Waals surface area contributed by atoms with Gasteiger partial charge in [-0.15, -0.1) is 0 Å². The van der Waals surface area contributed by atoms with E-state index in [2.05, 4.69) is 10.3 Å². The molecule has 0 saturated carbocycles. The first kappa shape index (κ1) is 12.4. The van der Waals surface area contributed by atoms with Gasteiger partial charge in [0.25, 0.3) is 5.91 Å². The predicted molar refractivity (Wildman–Crippen MR) is 68.2 cm³/mol. The van der Waals surface area contributed by atoms with Crippen molar-refractivity contribution in [3.05, 3.63) is 29.6 Å². The SMILES string of the molecule is Cc1ccc(C(=O)NCC2(O)CCSC2)cn1. The lowest BCUT2D eigenvalue weighted by molar-refractivity contribution is 0.0612. The van der Waals surface area contributed by atoms with Crippen LogP contribution in [0.25, 0.3) is 0 Å². The average Bonchev–Trinajstić information content (AvgIpc) is 2.75. The van der Waals surface area contributed by atoms with Gasteiger partial charge in [-0.25, -0.2) is 0 Å². The third-order valence-electron chi connectivity index (χ3n) is 2.83. The lowest BCUT2D eigenvalue weighted by atomic mass is 10.0. The Morgan fingerprint density at radius 2 is 2.47 bits per heavy atom. The highest BCUT2D eigenvalue weighted by Crippen LogP contribution is 2.26. The molecule has 0 aromatic carbocycles. The Morgan fingerprint density at radius 3 is 3.06 bits per heavy atom. The van der Waals surface area contributed by atoms with Crippen LogP contribution in [-0.4, -0.2) is 39.6 Å². The standard InChI is InChI=1S/C12H16N2O2S/c1-9-2-3-10(6-13-9)11(15)14-7-12(16)4-5-17-8-12/h2-3,6,16H,4-5,7-8H2,1H3,(H,14,15). The van der Waals surface area contributed by atoms with Gasteiger partial charge in [0.05, 0.1) is 11.2 Å². The number of hydrogen-bond donors (Lipinski definition) is 2. The van der Waals surface area contributed by atoms with Gasteiger partial charge >= 0.3 is 0 Å².